The topological polar surface area (TPSA) is 25.8 Å². The molecule has 0 fully saturated rings. The summed E-state index contributed by atoms with van der Waals surface area (Å²) in [5, 5.41) is 4.86. The quantitative estimate of drug-likeness (QED) is 0.169. The minimum absolute atomic E-state index is 0.147. The molecule has 0 bridgehead atoms. The molecule has 0 atom stereocenters. The van der Waals surface area contributed by atoms with Crippen LogP contribution in [0.15, 0.2) is 206 Å². The summed E-state index contributed by atoms with van der Waals surface area (Å²) < 4.78 is 0. The van der Waals surface area contributed by atoms with Gasteiger partial charge in [0.05, 0.1) is 11.4 Å². The maximum Gasteiger partial charge on any atom is 0.160 e. The predicted octanol–water partition coefficient (Wildman–Crippen LogP) is 15.1. The highest BCUT2D eigenvalue weighted by Gasteiger charge is 2.37. The van der Waals surface area contributed by atoms with Gasteiger partial charge in [-0.05, 0) is 126 Å². The zero-order chi connectivity index (χ0) is 39.5. The average Bonchev–Trinajstić information content (AvgIpc) is 3.53. The van der Waals surface area contributed by atoms with E-state index in [9.17, 15) is 0 Å². The van der Waals surface area contributed by atoms with Gasteiger partial charge >= 0.3 is 0 Å². The van der Waals surface area contributed by atoms with E-state index in [0.29, 0.717) is 0 Å². The fourth-order valence-electron chi connectivity index (χ4n) is 9.11. The van der Waals surface area contributed by atoms with Crippen LogP contribution in [0.3, 0.4) is 0 Å². The maximum absolute atomic E-state index is 5.31. The van der Waals surface area contributed by atoms with E-state index in [-0.39, 0.29) is 5.41 Å². The van der Waals surface area contributed by atoms with Gasteiger partial charge in [-0.1, -0.05) is 172 Å². The van der Waals surface area contributed by atoms with Gasteiger partial charge in [0.15, 0.2) is 5.82 Å². The third-order valence-electron chi connectivity index (χ3n) is 12.2. The van der Waals surface area contributed by atoms with Gasteiger partial charge in [-0.2, -0.15) is 0 Å². The standard InChI is InChI=1S/C57H40N2/c1-57(2)51-24-14-23-49(55(51)50-34-40-21-12-13-22-41(40)35-52(50)57)54-36-53(58-56(59-54)39-19-10-5-11-20-39)45-28-27-42-29-44(26-25-43(42)30-45)48-32-46(37-15-6-3-7-16-37)31-47(33-48)38-17-8-4-9-18-38/h3-36H,1-2H3. The van der Waals surface area contributed by atoms with Gasteiger partial charge in [-0.3, -0.25) is 0 Å². The second-order valence-electron chi connectivity index (χ2n) is 16.2. The van der Waals surface area contributed by atoms with Crippen molar-refractivity contribution in [3.05, 3.63) is 217 Å². The molecule has 11 rings (SSSR count). The largest absolute Gasteiger partial charge is 0.228 e. The third-order valence-corrected chi connectivity index (χ3v) is 12.2. The molecule has 0 amide bonds. The van der Waals surface area contributed by atoms with Crippen molar-refractivity contribution in [2.24, 2.45) is 0 Å². The van der Waals surface area contributed by atoms with Crippen LogP contribution >= 0.6 is 0 Å². The van der Waals surface area contributed by atoms with Crippen LogP contribution in [-0.4, -0.2) is 9.97 Å². The van der Waals surface area contributed by atoms with Crippen LogP contribution in [0.5, 0.6) is 0 Å². The Hall–Kier alpha value is -7.42. The van der Waals surface area contributed by atoms with Crippen molar-refractivity contribution in [2.75, 3.05) is 0 Å². The molecule has 0 N–H and O–H groups in total. The van der Waals surface area contributed by atoms with E-state index < -0.39 is 0 Å². The van der Waals surface area contributed by atoms with E-state index in [4.69, 9.17) is 9.97 Å². The zero-order valence-corrected chi connectivity index (χ0v) is 33.0. The Bertz CT molecular complexity index is 3160. The van der Waals surface area contributed by atoms with Crippen molar-refractivity contribution >= 4 is 21.5 Å². The summed E-state index contributed by atoms with van der Waals surface area (Å²) in [5.41, 5.74) is 17.3. The van der Waals surface area contributed by atoms with Gasteiger partial charge in [0, 0.05) is 22.1 Å². The second-order valence-corrected chi connectivity index (χ2v) is 16.2. The summed E-state index contributed by atoms with van der Waals surface area (Å²) in [6.45, 7) is 4.69. The van der Waals surface area contributed by atoms with E-state index in [0.717, 1.165) is 33.9 Å². The molecule has 1 heterocycles. The molecule has 2 nitrogen and oxygen atoms in total. The molecule has 1 aliphatic carbocycles. The average molecular weight is 753 g/mol. The molecule has 0 radical (unpaired) electrons. The molecule has 1 aromatic heterocycles. The first-order valence-corrected chi connectivity index (χ1v) is 20.4. The maximum atomic E-state index is 5.31. The van der Waals surface area contributed by atoms with Crippen molar-refractivity contribution in [2.45, 2.75) is 19.3 Å². The Morgan fingerprint density at radius 2 is 0.814 bits per heavy atom. The number of nitrogens with zero attached hydrogens (tertiary/aromatic N) is 2. The Morgan fingerprint density at radius 3 is 1.46 bits per heavy atom. The predicted molar refractivity (Wildman–Crippen MR) is 247 cm³/mol. The third kappa shape index (κ3) is 6.13. The molecule has 0 spiro atoms. The molecular weight excluding hydrogens is 713 g/mol. The summed E-state index contributed by atoms with van der Waals surface area (Å²) in [4.78, 5) is 10.6. The Kier molecular flexibility index (Phi) is 8.20. The summed E-state index contributed by atoms with van der Waals surface area (Å²) in [5.74, 6) is 0.717. The van der Waals surface area contributed by atoms with Gasteiger partial charge in [0.1, 0.15) is 0 Å². The first-order valence-electron chi connectivity index (χ1n) is 20.4. The van der Waals surface area contributed by atoms with Gasteiger partial charge in [-0.15, -0.1) is 0 Å². The molecule has 9 aromatic carbocycles. The van der Waals surface area contributed by atoms with E-state index in [2.05, 4.69) is 214 Å². The number of aromatic nitrogens is 2. The van der Waals surface area contributed by atoms with Crippen molar-refractivity contribution in [3.8, 4) is 78.4 Å². The minimum atomic E-state index is -0.147. The lowest BCUT2D eigenvalue weighted by molar-refractivity contribution is 0.661. The van der Waals surface area contributed by atoms with E-state index in [1.165, 1.54) is 77.2 Å². The summed E-state index contributed by atoms with van der Waals surface area (Å²) in [6.07, 6.45) is 0. The van der Waals surface area contributed by atoms with Gasteiger partial charge in [0.2, 0.25) is 0 Å². The highest BCUT2D eigenvalue weighted by molar-refractivity contribution is 5.99. The SMILES string of the molecule is CC1(C)c2cc3ccccc3cc2-c2c(-c3cc(-c4ccc5cc(-c6cc(-c7ccccc7)cc(-c7ccccc7)c6)ccc5c4)nc(-c4ccccc4)n3)cccc21. The van der Waals surface area contributed by atoms with Crippen molar-refractivity contribution in [3.63, 3.8) is 0 Å². The normalized spacial score (nSPS) is 12.7. The van der Waals surface area contributed by atoms with Crippen LogP contribution < -0.4 is 0 Å². The van der Waals surface area contributed by atoms with E-state index in [1.54, 1.807) is 0 Å². The van der Waals surface area contributed by atoms with Crippen LogP contribution in [0.1, 0.15) is 25.0 Å². The van der Waals surface area contributed by atoms with Crippen LogP contribution in [0.25, 0.3) is 100.0 Å². The minimum Gasteiger partial charge on any atom is -0.228 e. The summed E-state index contributed by atoms with van der Waals surface area (Å²) in [7, 11) is 0. The fraction of sp³-hybridized carbons (Fsp3) is 0.0526. The number of fused-ring (bicyclic) bond motifs is 5. The van der Waals surface area contributed by atoms with Gasteiger partial charge in [-0.25, -0.2) is 9.97 Å². The molecule has 278 valence electrons. The lowest BCUT2D eigenvalue weighted by atomic mass is 9.81. The van der Waals surface area contributed by atoms with Crippen LogP contribution in [0.2, 0.25) is 0 Å². The first kappa shape index (κ1) is 34.8. The lowest BCUT2D eigenvalue weighted by Gasteiger charge is -2.22. The van der Waals surface area contributed by atoms with Gasteiger partial charge in [0.25, 0.3) is 0 Å². The molecule has 10 aromatic rings. The second kappa shape index (κ2) is 13.9. The van der Waals surface area contributed by atoms with Crippen LogP contribution in [-0.2, 0) is 5.41 Å². The van der Waals surface area contributed by atoms with Crippen LogP contribution in [0.4, 0.5) is 0 Å². The summed E-state index contributed by atoms with van der Waals surface area (Å²) >= 11 is 0. The Labute approximate surface area is 345 Å². The van der Waals surface area contributed by atoms with Crippen molar-refractivity contribution in [1.29, 1.82) is 0 Å². The monoisotopic (exact) mass is 752 g/mol. The first-order chi connectivity index (χ1) is 29.0. The Morgan fingerprint density at radius 1 is 0.305 bits per heavy atom. The number of benzene rings is 9. The van der Waals surface area contributed by atoms with Gasteiger partial charge < -0.3 is 0 Å². The number of hydrogen-bond acceptors (Lipinski definition) is 2. The zero-order valence-electron chi connectivity index (χ0n) is 33.0. The molecule has 0 saturated heterocycles. The number of hydrogen-bond donors (Lipinski definition) is 0. The number of rotatable bonds is 6. The van der Waals surface area contributed by atoms with Crippen LogP contribution in [0, 0.1) is 0 Å². The molecular formula is C57H40N2. The van der Waals surface area contributed by atoms with E-state index in [1.807, 2.05) is 6.07 Å². The van der Waals surface area contributed by atoms with E-state index >= 15 is 0 Å². The lowest BCUT2D eigenvalue weighted by Crippen LogP contribution is -2.14. The fourth-order valence-corrected chi connectivity index (χ4v) is 9.11. The van der Waals surface area contributed by atoms with Crippen molar-refractivity contribution in [1.82, 2.24) is 9.97 Å². The molecule has 0 saturated carbocycles. The summed E-state index contributed by atoms with van der Waals surface area (Å²) in [6, 6.07) is 74.5. The smallest absolute Gasteiger partial charge is 0.160 e. The molecule has 59 heavy (non-hydrogen) atoms. The molecule has 1 aliphatic rings. The molecule has 0 unspecified atom stereocenters. The molecule has 0 aliphatic heterocycles. The highest BCUT2D eigenvalue weighted by atomic mass is 14.9. The molecule has 2 heteroatoms. The van der Waals surface area contributed by atoms with Crippen molar-refractivity contribution < 1.29 is 0 Å². The Balaban J connectivity index is 1.03. The highest BCUT2D eigenvalue weighted by Crippen LogP contribution is 2.53.